The number of nitrogens with zero attached hydrogens (tertiary/aromatic N) is 2. The summed E-state index contributed by atoms with van der Waals surface area (Å²) in [4.78, 5) is 4.74. The molecule has 0 saturated carbocycles. The maximum absolute atomic E-state index is 4.74. The number of aromatic nitrogens is 1. The largest absolute Gasteiger partial charge is 0.318 e. The third-order valence-corrected chi connectivity index (χ3v) is 4.45. The highest BCUT2D eigenvalue weighted by atomic mass is 15.0. The molecule has 0 aliphatic heterocycles. The van der Waals surface area contributed by atoms with E-state index < -0.39 is 0 Å². The molecule has 0 spiro atoms. The predicted octanol–water partition coefficient (Wildman–Crippen LogP) is 5.72. The van der Waals surface area contributed by atoms with Gasteiger partial charge in [0, 0.05) is 28.9 Å². The number of benzene rings is 2. The van der Waals surface area contributed by atoms with E-state index in [1.54, 1.807) is 0 Å². The summed E-state index contributed by atoms with van der Waals surface area (Å²) in [6, 6.07) is 19.1. The lowest BCUT2D eigenvalue weighted by Crippen LogP contribution is -1.99. The van der Waals surface area contributed by atoms with Crippen molar-refractivity contribution < 1.29 is 0 Å². The number of aliphatic imine (C=N–C) groups is 1. The molecule has 122 valence electrons. The molecule has 0 bridgehead atoms. The average molecular weight is 316 g/mol. The highest BCUT2D eigenvalue weighted by Crippen LogP contribution is 2.23. The van der Waals surface area contributed by atoms with Crippen molar-refractivity contribution in [3.63, 3.8) is 0 Å². The van der Waals surface area contributed by atoms with Gasteiger partial charge < -0.3 is 4.57 Å². The molecule has 2 nitrogen and oxygen atoms in total. The Labute approximate surface area is 144 Å². The van der Waals surface area contributed by atoms with Crippen molar-refractivity contribution in [3.05, 3.63) is 82.7 Å². The minimum atomic E-state index is 0.996. The maximum Gasteiger partial charge on any atom is 0.0661 e. The zero-order valence-electron chi connectivity index (χ0n) is 14.9. The van der Waals surface area contributed by atoms with Gasteiger partial charge in [-0.1, -0.05) is 37.3 Å². The zero-order valence-corrected chi connectivity index (χ0v) is 14.9. The Balaban J connectivity index is 1.99. The topological polar surface area (TPSA) is 17.3 Å². The van der Waals surface area contributed by atoms with Crippen molar-refractivity contribution in [1.29, 1.82) is 0 Å². The van der Waals surface area contributed by atoms with E-state index in [1.807, 2.05) is 12.3 Å². The third kappa shape index (κ3) is 3.18. The van der Waals surface area contributed by atoms with Gasteiger partial charge in [0.25, 0.3) is 0 Å². The second kappa shape index (κ2) is 6.88. The van der Waals surface area contributed by atoms with Crippen LogP contribution < -0.4 is 0 Å². The summed E-state index contributed by atoms with van der Waals surface area (Å²) in [5.41, 5.74) is 8.42. The van der Waals surface area contributed by atoms with E-state index in [1.165, 1.54) is 33.8 Å². The molecule has 0 aliphatic rings. The van der Waals surface area contributed by atoms with Crippen LogP contribution >= 0.6 is 0 Å². The smallest absolute Gasteiger partial charge is 0.0661 e. The van der Waals surface area contributed by atoms with E-state index in [4.69, 9.17) is 4.99 Å². The first-order valence-corrected chi connectivity index (χ1v) is 8.48. The molecule has 0 atom stereocenters. The van der Waals surface area contributed by atoms with Crippen molar-refractivity contribution in [1.82, 2.24) is 4.57 Å². The summed E-state index contributed by atoms with van der Waals surface area (Å²) < 4.78 is 2.29. The minimum absolute atomic E-state index is 0.996. The van der Waals surface area contributed by atoms with Gasteiger partial charge in [-0.05, 0) is 62.6 Å². The summed E-state index contributed by atoms with van der Waals surface area (Å²) >= 11 is 0. The van der Waals surface area contributed by atoms with Gasteiger partial charge >= 0.3 is 0 Å². The molecular weight excluding hydrogens is 292 g/mol. The van der Waals surface area contributed by atoms with Crippen molar-refractivity contribution >= 4 is 11.9 Å². The van der Waals surface area contributed by atoms with Crippen LogP contribution in [0.25, 0.3) is 5.69 Å². The molecule has 24 heavy (non-hydrogen) atoms. The minimum Gasteiger partial charge on any atom is -0.318 e. The average Bonchev–Trinajstić information content (AvgIpc) is 2.87. The maximum atomic E-state index is 4.74. The van der Waals surface area contributed by atoms with E-state index in [0.717, 1.165) is 12.1 Å². The van der Waals surface area contributed by atoms with Gasteiger partial charge in [-0.3, -0.25) is 4.99 Å². The van der Waals surface area contributed by atoms with Gasteiger partial charge in [-0.15, -0.1) is 0 Å². The van der Waals surface area contributed by atoms with Gasteiger partial charge in [0.1, 0.15) is 0 Å². The van der Waals surface area contributed by atoms with Gasteiger partial charge in [0.15, 0.2) is 0 Å². The number of para-hydroxylation sites is 1. The normalized spacial score (nSPS) is 11.3. The highest BCUT2D eigenvalue weighted by Gasteiger charge is 2.09. The first-order chi connectivity index (χ1) is 11.6. The lowest BCUT2D eigenvalue weighted by molar-refractivity contribution is 0.963. The summed E-state index contributed by atoms with van der Waals surface area (Å²) in [6.07, 6.45) is 2.99. The van der Waals surface area contributed by atoms with E-state index in [9.17, 15) is 0 Å². The summed E-state index contributed by atoms with van der Waals surface area (Å²) in [7, 11) is 0. The first-order valence-electron chi connectivity index (χ1n) is 8.48. The molecule has 0 N–H and O–H groups in total. The fourth-order valence-electron chi connectivity index (χ4n) is 3.16. The number of aryl methyl sites for hydroxylation is 3. The van der Waals surface area contributed by atoms with Crippen LogP contribution in [-0.2, 0) is 6.42 Å². The van der Waals surface area contributed by atoms with Crippen molar-refractivity contribution in [3.8, 4) is 5.69 Å². The molecule has 0 unspecified atom stereocenters. The third-order valence-electron chi connectivity index (χ3n) is 4.45. The summed E-state index contributed by atoms with van der Waals surface area (Å²) in [5.74, 6) is 0. The van der Waals surface area contributed by atoms with Gasteiger partial charge in [0.05, 0.1) is 5.69 Å². The monoisotopic (exact) mass is 316 g/mol. The van der Waals surface area contributed by atoms with Crippen molar-refractivity contribution in [2.24, 2.45) is 4.99 Å². The summed E-state index contributed by atoms with van der Waals surface area (Å²) in [5, 5.41) is 0. The Morgan fingerprint density at radius 1 is 0.958 bits per heavy atom. The van der Waals surface area contributed by atoms with Crippen LogP contribution in [0.2, 0.25) is 0 Å². The molecule has 0 saturated heterocycles. The van der Waals surface area contributed by atoms with E-state index in [-0.39, 0.29) is 0 Å². The van der Waals surface area contributed by atoms with Crippen molar-refractivity contribution in [2.45, 2.75) is 34.1 Å². The van der Waals surface area contributed by atoms with Crippen LogP contribution in [-0.4, -0.2) is 10.8 Å². The Morgan fingerprint density at radius 3 is 2.50 bits per heavy atom. The molecule has 2 heteroatoms. The first kappa shape index (κ1) is 16.3. The van der Waals surface area contributed by atoms with Gasteiger partial charge in [-0.2, -0.15) is 0 Å². The predicted molar refractivity (Wildman–Crippen MR) is 103 cm³/mol. The van der Waals surface area contributed by atoms with E-state index in [2.05, 4.69) is 80.8 Å². The highest BCUT2D eigenvalue weighted by molar-refractivity contribution is 5.84. The fraction of sp³-hybridized carbons (Fsp3) is 0.227. The van der Waals surface area contributed by atoms with Gasteiger partial charge in [0.2, 0.25) is 0 Å². The Kier molecular flexibility index (Phi) is 4.66. The second-order valence-electron chi connectivity index (χ2n) is 6.24. The molecule has 2 aromatic carbocycles. The van der Waals surface area contributed by atoms with Crippen LogP contribution in [0.3, 0.4) is 0 Å². The van der Waals surface area contributed by atoms with Crippen LogP contribution in [0.5, 0.6) is 0 Å². The number of hydrogen-bond donors (Lipinski definition) is 0. The van der Waals surface area contributed by atoms with Crippen molar-refractivity contribution in [2.75, 3.05) is 0 Å². The molecule has 1 heterocycles. The molecule has 3 rings (SSSR count). The Bertz CT molecular complexity index is 885. The number of rotatable bonds is 4. The second-order valence-corrected chi connectivity index (χ2v) is 6.24. The fourth-order valence-corrected chi connectivity index (χ4v) is 3.16. The van der Waals surface area contributed by atoms with E-state index >= 15 is 0 Å². The molecule has 0 radical (unpaired) electrons. The van der Waals surface area contributed by atoms with Crippen LogP contribution in [0.1, 0.15) is 35.0 Å². The van der Waals surface area contributed by atoms with Crippen LogP contribution in [0.15, 0.2) is 59.6 Å². The zero-order chi connectivity index (χ0) is 17.1. The van der Waals surface area contributed by atoms with Gasteiger partial charge in [-0.25, -0.2) is 0 Å². The van der Waals surface area contributed by atoms with E-state index in [0.29, 0.717) is 0 Å². The van der Waals surface area contributed by atoms with Crippen LogP contribution in [0, 0.1) is 20.8 Å². The quantitative estimate of drug-likeness (QED) is 0.548. The molecule has 0 fully saturated rings. The lowest BCUT2D eigenvalue weighted by atomic mass is 10.1. The SMILES string of the molecule is CCc1ccccc1N=Cc1cc(C)n(-c2cccc(C)c2)c1C. The molecule has 0 aliphatic carbocycles. The number of hydrogen-bond acceptors (Lipinski definition) is 1. The molecule has 1 aromatic heterocycles. The molecule has 3 aromatic rings. The molecule has 0 amide bonds. The standard InChI is InChI=1S/C22H24N2/c1-5-19-10-6-7-12-22(19)23-15-20-14-17(3)24(18(20)4)21-11-8-9-16(2)13-21/h6-15H,5H2,1-4H3. The Hall–Kier alpha value is -2.61. The lowest BCUT2D eigenvalue weighted by Gasteiger charge is -2.10. The summed E-state index contributed by atoms with van der Waals surface area (Å²) in [6.45, 7) is 8.59. The Morgan fingerprint density at radius 2 is 1.75 bits per heavy atom. The molecular formula is C22H24N2. The van der Waals surface area contributed by atoms with Crippen LogP contribution in [0.4, 0.5) is 5.69 Å².